The third kappa shape index (κ3) is 4.78. The minimum Gasteiger partial charge on any atom is -0.296 e. The molecule has 0 bridgehead atoms. The van der Waals surface area contributed by atoms with Crippen LogP contribution in [0.15, 0.2) is 66.1 Å². The van der Waals surface area contributed by atoms with Crippen LogP contribution in [0.1, 0.15) is 18.1 Å². The Morgan fingerprint density at radius 1 is 1.00 bits per heavy atom. The molecule has 1 fully saturated rings. The van der Waals surface area contributed by atoms with Gasteiger partial charge in [-0.25, -0.2) is 8.42 Å². The van der Waals surface area contributed by atoms with E-state index >= 15 is 0 Å². The normalized spacial score (nSPS) is 20.1. The van der Waals surface area contributed by atoms with Crippen molar-refractivity contribution < 1.29 is 8.42 Å². The fraction of sp³-hybridized carbons (Fsp3) is 0.300. The second-order valence-corrected chi connectivity index (χ2v) is 8.21. The van der Waals surface area contributed by atoms with E-state index in [1.54, 1.807) is 10.4 Å². The summed E-state index contributed by atoms with van der Waals surface area (Å²) in [6.07, 6.45) is 1.67. The zero-order chi connectivity index (χ0) is 17.7. The number of hydrogen-bond acceptors (Lipinski definition) is 3. The lowest BCUT2D eigenvalue weighted by Gasteiger charge is -2.38. The fourth-order valence-electron chi connectivity index (χ4n) is 3.19. The first kappa shape index (κ1) is 17.9. The Kier molecular flexibility index (Phi) is 5.68. The molecule has 0 aromatic heterocycles. The van der Waals surface area contributed by atoms with E-state index in [2.05, 4.69) is 17.0 Å². The van der Waals surface area contributed by atoms with E-state index in [4.69, 9.17) is 0 Å². The molecule has 2 aromatic rings. The van der Waals surface area contributed by atoms with Gasteiger partial charge < -0.3 is 0 Å². The topological polar surface area (TPSA) is 40.6 Å². The maximum absolute atomic E-state index is 12.7. The van der Waals surface area contributed by atoms with Crippen molar-refractivity contribution in [3.8, 4) is 0 Å². The van der Waals surface area contributed by atoms with Crippen molar-refractivity contribution in [1.29, 1.82) is 0 Å². The van der Waals surface area contributed by atoms with Crippen LogP contribution in [0.2, 0.25) is 0 Å². The second-order valence-electron chi connectivity index (χ2n) is 6.44. The summed E-state index contributed by atoms with van der Waals surface area (Å²) in [4.78, 5) is 2.31. The van der Waals surface area contributed by atoms with Gasteiger partial charge in [-0.05, 0) is 24.1 Å². The second kappa shape index (κ2) is 7.95. The van der Waals surface area contributed by atoms with Crippen LogP contribution in [0, 0.1) is 0 Å². The molecule has 0 radical (unpaired) electrons. The highest BCUT2D eigenvalue weighted by molar-refractivity contribution is 7.92. The number of rotatable bonds is 5. The minimum absolute atomic E-state index is 0.0390. The van der Waals surface area contributed by atoms with E-state index in [-0.39, 0.29) is 6.04 Å². The molecule has 2 aromatic carbocycles. The van der Waals surface area contributed by atoms with Crippen molar-refractivity contribution in [2.75, 3.05) is 19.6 Å². The highest BCUT2D eigenvalue weighted by atomic mass is 32.2. The molecule has 25 heavy (non-hydrogen) atoms. The number of benzene rings is 2. The molecule has 1 aliphatic heterocycles. The van der Waals surface area contributed by atoms with Gasteiger partial charge in [-0.3, -0.25) is 4.90 Å². The maximum Gasteiger partial charge on any atom is 0.236 e. The Hall–Kier alpha value is -1.95. The van der Waals surface area contributed by atoms with Crippen LogP contribution < -0.4 is 0 Å². The zero-order valence-corrected chi connectivity index (χ0v) is 15.3. The van der Waals surface area contributed by atoms with Crippen molar-refractivity contribution in [3.05, 3.63) is 77.2 Å². The first-order valence-electron chi connectivity index (χ1n) is 8.56. The van der Waals surface area contributed by atoms with Gasteiger partial charge in [0.15, 0.2) is 0 Å². The van der Waals surface area contributed by atoms with E-state index in [0.717, 1.165) is 25.2 Å². The van der Waals surface area contributed by atoms with Crippen LogP contribution >= 0.6 is 0 Å². The van der Waals surface area contributed by atoms with E-state index < -0.39 is 10.0 Å². The summed E-state index contributed by atoms with van der Waals surface area (Å²) in [5.41, 5.74) is 2.15. The van der Waals surface area contributed by atoms with Crippen LogP contribution in [0.5, 0.6) is 0 Å². The van der Waals surface area contributed by atoms with Crippen LogP contribution in [0.3, 0.4) is 0 Å². The summed E-state index contributed by atoms with van der Waals surface area (Å²) in [5, 5.41) is 1.33. The molecule has 4 nitrogen and oxygen atoms in total. The molecular weight excluding hydrogens is 332 g/mol. The quantitative estimate of drug-likeness (QED) is 0.826. The molecule has 0 amide bonds. The van der Waals surface area contributed by atoms with E-state index in [1.165, 1.54) is 11.0 Å². The molecule has 132 valence electrons. The van der Waals surface area contributed by atoms with E-state index in [1.807, 2.05) is 55.5 Å². The number of nitrogens with zero attached hydrogens (tertiary/aromatic N) is 2. The van der Waals surface area contributed by atoms with Crippen molar-refractivity contribution in [2.24, 2.45) is 0 Å². The third-order valence-corrected chi connectivity index (χ3v) is 6.13. The van der Waals surface area contributed by atoms with Gasteiger partial charge in [0, 0.05) is 37.6 Å². The average Bonchev–Trinajstić information content (AvgIpc) is 2.62. The lowest BCUT2D eigenvalue weighted by molar-refractivity contribution is 0.139. The SMILES string of the molecule is C[C@@H]1CN(Cc2ccccc2)CCN1S(=O)(=O)/C=C/c1ccccc1. The number of hydrogen-bond donors (Lipinski definition) is 0. The molecule has 0 aliphatic carbocycles. The molecular formula is C20H24N2O2S. The summed E-state index contributed by atoms with van der Waals surface area (Å²) in [7, 11) is -3.40. The molecule has 3 rings (SSSR count). The lowest BCUT2D eigenvalue weighted by Crippen LogP contribution is -2.52. The Morgan fingerprint density at radius 2 is 1.64 bits per heavy atom. The molecule has 1 heterocycles. The number of piperazine rings is 1. The van der Waals surface area contributed by atoms with Crippen LogP contribution in [-0.4, -0.2) is 43.3 Å². The van der Waals surface area contributed by atoms with Gasteiger partial charge >= 0.3 is 0 Å². The van der Waals surface area contributed by atoms with Crippen molar-refractivity contribution in [1.82, 2.24) is 9.21 Å². The monoisotopic (exact) mass is 356 g/mol. The van der Waals surface area contributed by atoms with Crippen LogP contribution in [-0.2, 0) is 16.6 Å². The Morgan fingerprint density at radius 3 is 2.28 bits per heavy atom. The lowest BCUT2D eigenvalue weighted by atomic mass is 10.1. The van der Waals surface area contributed by atoms with Gasteiger partial charge in [0.25, 0.3) is 0 Å². The minimum atomic E-state index is -3.40. The standard InChI is InChI=1S/C20H24N2O2S/c1-18-16-21(17-20-10-6-3-7-11-20)13-14-22(18)25(23,24)15-12-19-8-4-2-5-9-19/h2-12,15,18H,13-14,16-17H2,1H3/b15-12+/t18-/m1/s1. The Balaban J connectivity index is 1.63. The smallest absolute Gasteiger partial charge is 0.236 e. The molecule has 0 N–H and O–H groups in total. The van der Waals surface area contributed by atoms with E-state index in [0.29, 0.717) is 6.54 Å². The summed E-state index contributed by atoms with van der Waals surface area (Å²) in [6, 6.07) is 19.8. The predicted molar refractivity (Wildman–Crippen MR) is 102 cm³/mol. The Labute approximate surface area is 150 Å². The summed E-state index contributed by atoms with van der Waals surface area (Å²) in [6.45, 7) is 4.85. The molecule has 0 spiro atoms. The number of sulfonamides is 1. The largest absolute Gasteiger partial charge is 0.296 e. The molecule has 5 heteroatoms. The summed E-state index contributed by atoms with van der Waals surface area (Å²) >= 11 is 0. The molecule has 1 aliphatic rings. The predicted octanol–water partition coefficient (Wildman–Crippen LogP) is 3.19. The fourth-order valence-corrected chi connectivity index (χ4v) is 4.58. The highest BCUT2D eigenvalue weighted by Gasteiger charge is 2.30. The van der Waals surface area contributed by atoms with Crippen molar-refractivity contribution >= 4 is 16.1 Å². The van der Waals surface area contributed by atoms with Gasteiger partial charge in [0.05, 0.1) is 0 Å². The van der Waals surface area contributed by atoms with Crippen LogP contribution in [0.4, 0.5) is 0 Å². The van der Waals surface area contributed by atoms with Gasteiger partial charge in [0.2, 0.25) is 10.0 Å². The van der Waals surface area contributed by atoms with E-state index in [9.17, 15) is 8.42 Å². The van der Waals surface area contributed by atoms with Crippen LogP contribution in [0.25, 0.3) is 6.08 Å². The molecule has 0 unspecified atom stereocenters. The molecule has 1 saturated heterocycles. The van der Waals surface area contributed by atoms with Gasteiger partial charge in [0.1, 0.15) is 0 Å². The maximum atomic E-state index is 12.7. The van der Waals surface area contributed by atoms with Crippen molar-refractivity contribution in [3.63, 3.8) is 0 Å². The van der Waals surface area contributed by atoms with Gasteiger partial charge in [-0.1, -0.05) is 60.7 Å². The van der Waals surface area contributed by atoms with Crippen molar-refractivity contribution in [2.45, 2.75) is 19.5 Å². The third-order valence-electron chi connectivity index (χ3n) is 4.46. The first-order valence-corrected chi connectivity index (χ1v) is 10.1. The molecule has 1 atom stereocenters. The molecule has 0 saturated carbocycles. The van der Waals surface area contributed by atoms with Gasteiger partial charge in [-0.15, -0.1) is 0 Å². The summed E-state index contributed by atoms with van der Waals surface area (Å²) in [5.74, 6) is 0. The highest BCUT2D eigenvalue weighted by Crippen LogP contribution is 2.18. The van der Waals surface area contributed by atoms with Gasteiger partial charge in [-0.2, -0.15) is 4.31 Å². The first-order chi connectivity index (χ1) is 12.0. The summed E-state index contributed by atoms with van der Waals surface area (Å²) < 4.78 is 26.9. The zero-order valence-electron chi connectivity index (χ0n) is 14.5. The average molecular weight is 356 g/mol. The Bertz CT molecular complexity index is 804.